The summed E-state index contributed by atoms with van der Waals surface area (Å²) in [5.74, 6) is 0.0674. The Morgan fingerprint density at radius 2 is 1.23 bits per heavy atom. The zero-order valence-corrected chi connectivity index (χ0v) is 19.8. The molecule has 0 bridgehead atoms. The fourth-order valence-electron chi connectivity index (χ4n) is 2.69. The van der Waals surface area contributed by atoms with Gasteiger partial charge in [-0.25, -0.2) is 0 Å². The molecule has 35 heavy (non-hydrogen) atoms. The molecule has 0 aliphatic rings. The summed E-state index contributed by atoms with van der Waals surface area (Å²) in [6, 6.07) is 14.3. The maximum Gasteiger partial charge on any atom is 0.437 e. The Labute approximate surface area is 199 Å². The van der Waals surface area contributed by atoms with Crippen molar-refractivity contribution < 1.29 is 43.2 Å². The van der Waals surface area contributed by atoms with Crippen LogP contribution in [0.25, 0.3) is 0 Å². The first-order valence-corrected chi connectivity index (χ1v) is 12.5. The van der Waals surface area contributed by atoms with Crippen LogP contribution in [0.3, 0.4) is 0 Å². The molecule has 0 atom stereocenters. The van der Waals surface area contributed by atoms with Gasteiger partial charge in [0.15, 0.2) is 5.71 Å². The second-order valence-electron chi connectivity index (χ2n) is 7.02. The van der Waals surface area contributed by atoms with Gasteiger partial charge in [0.25, 0.3) is 0 Å². The Hall–Kier alpha value is -3.58. The summed E-state index contributed by atoms with van der Waals surface area (Å²) in [7, 11) is -7.63. The second kappa shape index (κ2) is 9.96. The normalized spacial score (nSPS) is 12.8. The highest BCUT2D eigenvalue weighted by molar-refractivity contribution is 7.87. The van der Waals surface area contributed by atoms with Crippen molar-refractivity contribution in [2.24, 2.45) is 5.16 Å². The van der Waals surface area contributed by atoms with E-state index in [0.29, 0.717) is 0 Å². The van der Waals surface area contributed by atoms with Crippen LogP contribution in [-0.2, 0) is 24.5 Å². The summed E-state index contributed by atoms with van der Waals surface area (Å²) in [6.45, 7) is 1.78. The molecule has 186 valence electrons. The predicted octanol–water partition coefficient (Wildman–Crippen LogP) is 4.44. The van der Waals surface area contributed by atoms with Gasteiger partial charge < -0.3 is 8.92 Å². The minimum Gasteiger partial charge on any atom is -0.497 e. The molecule has 0 N–H and O–H groups in total. The number of methoxy groups -OCH3 is 1. The molecule has 0 heterocycles. The Morgan fingerprint density at radius 3 is 1.74 bits per heavy atom. The second-order valence-corrected chi connectivity index (χ2v) is 10.1. The van der Waals surface area contributed by atoms with Crippen molar-refractivity contribution in [3.63, 3.8) is 0 Å². The van der Waals surface area contributed by atoms with Gasteiger partial charge in [-0.2, -0.15) is 30.0 Å². The summed E-state index contributed by atoms with van der Waals surface area (Å²) in [6.07, 6.45) is -5.02. The van der Waals surface area contributed by atoms with Crippen molar-refractivity contribution in [1.29, 1.82) is 0 Å². The number of rotatable bonds is 8. The van der Waals surface area contributed by atoms with E-state index in [1.807, 2.05) is 0 Å². The number of nitrogens with zero attached hydrogens (tertiary/aromatic N) is 1. The molecule has 8 nitrogen and oxygen atoms in total. The van der Waals surface area contributed by atoms with E-state index in [9.17, 15) is 30.0 Å². The Balaban J connectivity index is 1.81. The molecule has 13 heteroatoms. The van der Waals surface area contributed by atoms with E-state index >= 15 is 0 Å². The van der Waals surface area contributed by atoms with Crippen molar-refractivity contribution >= 4 is 25.9 Å². The molecule has 0 fully saturated rings. The minimum absolute atomic E-state index is 0.115. The topological polar surface area (TPSA) is 108 Å². The fourth-order valence-corrected chi connectivity index (χ4v) is 4.35. The van der Waals surface area contributed by atoms with Crippen LogP contribution < -0.4 is 8.92 Å². The van der Waals surface area contributed by atoms with Crippen molar-refractivity contribution in [3.8, 4) is 11.5 Å². The quantitative estimate of drug-likeness (QED) is 0.241. The van der Waals surface area contributed by atoms with Gasteiger partial charge in [-0.1, -0.05) is 22.9 Å². The molecule has 0 aromatic heterocycles. The minimum atomic E-state index is -5.02. The largest absolute Gasteiger partial charge is 0.497 e. The molecule has 0 amide bonds. The summed E-state index contributed by atoms with van der Waals surface area (Å²) in [5, 5.41) is 2.83. The maximum absolute atomic E-state index is 13.4. The van der Waals surface area contributed by atoms with E-state index < -0.39 is 42.6 Å². The highest BCUT2D eigenvalue weighted by atomic mass is 32.2. The van der Waals surface area contributed by atoms with Crippen molar-refractivity contribution in [2.45, 2.75) is 22.9 Å². The van der Waals surface area contributed by atoms with Gasteiger partial charge >= 0.3 is 26.4 Å². The summed E-state index contributed by atoms with van der Waals surface area (Å²) >= 11 is 0. The van der Waals surface area contributed by atoms with Crippen molar-refractivity contribution in [2.75, 3.05) is 7.11 Å². The van der Waals surface area contributed by atoms with Crippen LogP contribution in [0.5, 0.6) is 11.5 Å². The average Bonchev–Trinajstić information content (AvgIpc) is 2.79. The van der Waals surface area contributed by atoms with Gasteiger partial charge in [-0.05, 0) is 67.6 Å². The van der Waals surface area contributed by atoms with Crippen LogP contribution in [0.2, 0.25) is 0 Å². The number of ether oxygens (including phenoxy) is 1. The lowest BCUT2D eigenvalue weighted by atomic mass is 10.1. The molecule has 0 saturated heterocycles. The highest BCUT2D eigenvalue weighted by Crippen LogP contribution is 2.26. The Bertz CT molecular complexity index is 1420. The predicted molar refractivity (Wildman–Crippen MR) is 119 cm³/mol. The van der Waals surface area contributed by atoms with Gasteiger partial charge in [-0.3, -0.25) is 4.28 Å². The molecule has 0 aliphatic heterocycles. The zero-order valence-electron chi connectivity index (χ0n) is 18.2. The standard InChI is InChI=1S/C22H18F3NO7S2/c1-15-3-11-19(12-4-15)34(27,28)32-18-9-13-20(14-10-18)35(29,30)33-26-21(22(23,24)25)16-5-7-17(31-2)8-6-16/h3-14H,1-2H3. The monoisotopic (exact) mass is 529 g/mol. The molecular formula is C22H18F3NO7S2. The Morgan fingerprint density at radius 1 is 0.743 bits per heavy atom. The van der Waals surface area contributed by atoms with E-state index in [2.05, 4.69) is 9.44 Å². The summed E-state index contributed by atoms with van der Waals surface area (Å²) < 4.78 is 104. The lowest BCUT2D eigenvalue weighted by Gasteiger charge is -2.11. The fraction of sp³-hybridized carbons (Fsp3) is 0.136. The SMILES string of the molecule is COc1ccc(C(=NOS(=O)(=O)c2ccc(OS(=O)(=O)c3ccc(C)cc3)cc2)C(F)(F)F)cc1. The highest BCUT2D eigenvalue weighted by Gasteiger charge is 2.38. The van der Waals surface area contributed by atoms with Gasteiger partial charge in [0, 0.05) is 5.56 Å². The number of hydrogen-bond acceptors (Lipinski definition) is 8. The molecule has 0 radical (unpaired) electrons. The van der Waals surface area contributed by atoms with E-state index in [4.69, 9.17) is 8.92 Å². The third-order valence-corrected chi connectivity index (χ3v) is 6.87. The van der Waals surface area contributed by atoms with Crippen LogP contribution >= 0.6 is 0 Å². The van der Waals surface area contributed by atoms with Crippen LogP contribution in [-0.4, -0.2) is 35.8 Å². The molecule has 0 spiro atoms. The molecular weight excluding hydrogens is 511 g/mol. The maximum atomic E-state index is 13.4. The number of oxime groups is 1. The number of alkyl halides is 3. The third-order valence-electron chi connectivity index (χ3n) is 4.49. The van der Waals surface area contributed by atoms with Crippen molar-refractivity contribution in [1.82, 2.24) is 0 Å². The molecule has 3 rings (SSSR count). The lowest BCUT2D eigenvalue weighted by molar-refractivity contribution is -0.0597. The van der Waals surface area contributed by atoms with Crippen molar-refractivity contribution in [3.05, 3.63) is 83.9 Å². The Kier molecular flexibility index (Phi) is 7.41. The number of aryl methyl sites for hydroxylation is 1. The van der Waals surface area contributed by atoms with Gasteiger partial charge in [-0.15, -0.1) is 0 Å². The van der Waals surface area contributed by atoms with Gasteiger partial charge in [0.2, 0.25) is 0 Å². The van der Waals surface area contributed by atoms with Crippen LogP contribution in [0, 0.1) is 6.92 Å². The van der Waals surface area contributed by atoms with Gasteiger partial charge in [0.1, 0.15) is 21.3 Å². The molecule has 0 aliphatic carbocycles. The first-order chi connectivity index (χ1) is 16.3. The van der Waals surface area contributed by atoms with E-state index in [1.54, 1.807) is 19.1 Å². The van der Waals surface area contributed by atoms with Gasteiger partial charge in [0.05, 0.1) is 7.11 Å². The molecule has 0 unspecified atom stereocenters. The van der Waals surface area contributed by atoms with E-state index in [1.165, 1.54) is 31.4 Å². The number of hydrogen-bond donors (Lipinski definition) is 0. The van der Waals surface area contributed by atoms with Crippen LogP contribution in [0.1, 0.15) is 11.1 Å². The first-order valence-electron chi connectivity index (χ1n) is 9.66. The van der Waals surface area contributed by atoms with Crippen LogP contribution in [0.15, 0.2) is 87.7 Å². The average molecular weight is 530 g/mol. The third kappa shape index (κ3) is 6.51. The molecule has 0 saturated carbocycles. The van der Waals surface area contributed by atoms with E-state index in [-0.39, 0.29) is 16.4 Å². The first kappa shape index (κ1) is 26.0. The molecule has 3 aromatic rings. The smallest absolute Gasteiger partial charge is 0.437 e. The summed E-state index contributed by atoms with van der Waals surface area (Å²) in [4.78, 5) is -0.687. The summed E-state index contributed by atoms with van der Waals surface area (Å²) in [5.41, 5.74) is -1.19. The zero-order chi connectivity index (χ0) is 25.9. The van der Waals surface area contributed by atoms with Crippen LogP contribution in [0.4, 0.5) is 13.2 Å². The lowest BCUT2D eigenvalue weighted by Crippen LogP contribution is -2.25. The number of benzene rings is 3. The molecule has 3 aromatic carbocycles. The van der Waals surface area contributed by atoms with E-state index in [0.717, 1.165) is 42.0 Å². The number of halogens is 3.